The van der Waals surface area contributed by atoms with E-state index in [1.165, 1.54) is 0 Å². The highest BCUT2D eigenvalue weighted by molar-refractivity contribution is 6.31. The zero-order valence-electron chi connectivity index (χ0n) is 17.2. The number of amides is 1. The molecule has 2 nitrogen and oxygen atoms in total. The zero-order chi connectivity index (χ0) is 26.2. The number of hydrogen-bond donors (Lipinski definition) is 1. The lowest BCUT2D eigenvalue weighted by molar-refractivity contribution is -0.140. The van der Waals surface area contributed by atoms with Crippen molar-refractivity contribution in [3.05, 3.63) is 93.8 Å². The smallest absolute Gasteiger partial charge is 0.346 e. The SMILES string of the molecule is O=C(NCC(F)(F)c1ccc(-c2ccc(C(F)(F)F)c(F)c2)cc1Cl)c1ccccc1C(F)(F)F. The van der Waals surface area contributed by atoms with Crippen molar-refractivity contribution >= 4 is 17.5 Å². The lowest BCUT2D eigenvalue weighted by atomic mass is 9.99. The third-order valence-electron chi connectivity index (χ3n) is 4.92. The first kappa shape index (κ1) is 26.4. The third-order valence-corrected chi connectivity index (χ3v) is 5.23. The molecule has 0 fully saturated rings. The topological polar surface area (TPSA) is 29.1 Å². The molecule has 0 saturated carbocycles. The summed E-state index contributed by atoms with van der Waals surface area (Å²) >= 11 is 5.91. The number of nitrogens with one attached hydrogen (secondary N) is 1. The van der Waals surface area contributed by atoms with Crippen molar-refractivity contribution in [1.29, 1.82) is 0 Å². The summed E-state index contributed by atoms with van der Waals surface area (Å²) in [7, 11) is 0. The molecule has 186 valence electrons. The van der Waals surface area contributed by atoms with E-state index in [1.807, 2.05) is 0 Å². The van der Waals surface area contributed by atoms with Crippen molar-refractivity contribution in [3.8, 4) is 11.1 Å². The van der Waals surface area contributed by atoms with Crippen LogP contribution in [0.4, 0.5) is 39.5 Å². The van der Waals surface area contributed by atoms with E-state index in [2.05, 4.69) is 0 Å². The molecule has 0 bridgehead atoms. The number of halogens is 10. The number of carbonyl (C=O) groups excluding carboxylic acids is 1. The summed E-state index contributed by atoms with van der Waals surface area (Å²) in [6.07, 6.45) is -9.80. The summed E-state index contributed by atoms with van der Waals surface area (Å²) in [5.41, 5.74) is -4.48. The van der Waals surface area contributed by atoms with Gasteiger partial charge in [0, 0.05) is 5.56 Å². The van der Waals surface area contributed by atoms with Crippen molar-refractivity contribution in [3.63, 3.8) is 0 Å². The maximum atomic E-state index is 14.7. The van der Waals surface area contributed by atoms with E-state index in [-0.39, 0.29) is 11.1 Å². The fraction of sp³-hybridized carbons (Fsp3) is 0.174. The van der Waals surface area contributed by atoms with Gasteiger partial charge >= 0.3 is 12.4 Å². The van der Waals surface area contributed by atoms with Crippen LogP contribution in [-0.4, -0.2) is 12.5 Å². The summed E-state index contributed by atoms with van der Waals surface area (Å²) in [5.74, 6) is -6.78. The lowest BCUT2D eigenvalue weighted by Crippen LogP contribution is -2.36. The molecule has 12 heteroatoms. The van der Waals surface area contributed by atoms with Gasteiger partial charge in [0.2, 0.25) is 0 Å². The van der Waals surface area contributed by atoms with Gasteiger partial charge in [-0.15, -0.1) is 0 Å². The van der Waals surface area contributed by atoms with Gasteiger partial charge in [-0.3, -0.25) is 4.79 Å². The summed E-state index contributed by atoms with van der Waals surface area (Å²) in [4.78, 5) is 12.2. The van der Waals surface area contributed by atoms with Gasteiger partial charge in [0.15, 0.2) is 0 Å². The molecule has 1 amide bonds. The molecule has 35 heavy (non-hydrogen) atoms. The Hall–Kier alpha value is -3.21. The maximum Gasteiger partial charge on any atom is 0.419 e. The molecule has 0 atom stereocenters. The predicted molar refractivity (Wildman–Crippen MR) is 110 cm³/mol. The van der Waals surface area contributed by atoms with Crippen LogP contribution in [0.25, 0.3) is 11.1 Å². The highest BCUT2D eigenvalue weighted by Gasteiger charge is 2.38. The molecule has 0 heterocycles. The first-order chi connectivity index (χ1) is 16.1. The van der Waals surface area contributed by atoms with Crippen molar-refractivity contribution in [1.82, 2.24) is 5.32 Å². The second kappa shape index (κ2) is 9.44. The van der Waals surface area contributed by atoms with Crippen LogP contribution in [0.2, 0.25) is 5.02 Å². The molecule has 0 spiro atoms. The van der Waals surface area contributed by atoms with Crippen molar-refractivity contribution in [2.75, 3.05) is 6.54 Å². The van der Waals surface area contributed by atoms with Crippen LogP contribution in [0, 0.1) is 5.82 Å². The fourth-order valence-corrected chi connectivity index (χ4v) is 3.54. The van der Waals surface area contributed by atoms with E-state index < -0.39 is 63.8 Å². The Kier molecular flexibility index (Phi) is 7.12. The number of carbonyl (C=O) groups is 1. The monoisotopic (exact) mass is 525 g/mol. The first-order valence-electron chi connectivity index (χ1n) is 9.60. The summed E-state index contributed by atoms with van der Waals surface area (Å²) < 4.78 is 121. The Morgan fingerprint density at radius 3 is 1.83 bits per heavy atom. The molecule has 0 aliphatic carbocycles. The lowest BCUT2D eigenvalue weighted by Gasteiger charge is -2.20. The number of hydrogen-bond acceptors (Lipinski definition) is 1. The largest absolute Gasteiger partial charge is 0.419 e. The van der Waals surface area contributed by atoms with Crippen LogP contribution >= 0.6 is 11.6 Å². The van der Waals surface area contributed by atoms with Crippen LogP contribution in [0.1, 0.15) is 27.0 Å². The van der Waals surface area contributed by atoms with Gasteiger partial charge in [-0.25, -0.2) is 4.39 Å². The van der Waals surface area contributed by atoms with E-state index in [0.29, 0.717) is 18.2 Å². The van der Waals surface area contributed by atoms with Gasteiger partial charge in [0.25, 0.3) is 11.8 Å². The molecule has 0 unspecified atom stereocenters. The summed E-state index contributed by atoms with van der Waals surface area (Å²) in [6, 6.07) is 8.50. The van der Waals surface area contributed by atoms with Crippen LogP contribution in [0.15, 0.2) is 60.7 Å². The average Bonchev–Trinajstić information content (AvgIpc) is 2.75. The third kappa shape index (κ3) is 5.90. The van der Waals surface area contributed by atoms with E-state index in [1.54, 1.807) is 5.32 Å². The Balaban J connectivity index is 1.81. The highest BCUT2D eigenvalue weighted by Crippen LogP contribution is 2.38. The molecule has 0 aliphatic rings. The van der Waals surface area contributed by atoms with Gasteiger partial charge in [-0.05, 0) is 41.5 Å². The Bertz CT molecular complexity index is 1250. The van der Waals surface area contributed by atoms with E-state index >= 15 is 0 Å². The molecular formula is C23H13ClF9NO. The van der Waals surface area contributed by atoms with Crippen molar-refractivity contribution in [2.45, 2.75) is 18.3 Å². The van der Waals surface area contributed by atoms with Crippen molar-refractivity contribution in [2.24, 2.45) is 0 Å². The second-order valence-electron chi connectivity index (χ2n) is 7.32. The molecule has 3 rings (SSSR count). The molecule has 0 aliphatic heterocycles. The number of benzene rings is 3. The molecular weight excluding hydrogens is 513 g/mol. The fourth-order valence-electron chi connectivity index (χ4n) is 3.23. The van der Waals surface area contributed by atoms with Crippen molar-refractivity contribution < 1.29 is 44.3 Å². The van der Waals surface area contributed by atoms with E-state index in [4.69, 9.17) is 11.6 Å². The molecule has 3 aromatic carbocycles. The number of alkyl halides is 8. The summed E-state index contributed by atoms with van der Waals surface area (Å²) in [5, 5.41) is 1.19. The molecule has 0 saturated heterocycles. The summed E-state index contributed by atoms with van der Waals surface area (Å²) in [6.45, 7) is -1.40. The standard InChI is InChI=1S/C23H13ClF9NO/c24-18-9-12(13-6-8-17(19(25)10-13)23(31,32)33)5-7-16(18)21(26,27)11-34-20(35)14-3-1-2-4-15(14)22(28,29)30/h1-10H,11H2,(H,34,35). The van der Waals surface area contributed by atoms with Gasteiger partial charge in [-0.1, -0.05) is 41.9 Å². The predicted octanol–water partition coefficient (Wildman–Crippen LogP) is 7.71. The molecule has 3 aromatic rings. The van der Waals surface area contributed by atoms with Crippen LogP contribution in [0.3, 0.4) is 0 Å². The molecule has 0 aromatic heterocycles. The van der Waals surface area contributed by atoms with Gasteiger partial charge in [0.1, 0.15) is 5.82 Å². The van der Waals surface area contributed by atoms with Gasteiger partial charge in [0.05, 0.1) is 28.3 Å². The molecule has 1 N–H and O–H groups in total. The van der Waals surface area contributed by atoms with Crippen LogP contribution in [-0.2, 0) is 18.3 Å². The number of rotatable bonds is 5. The van der Waals surface area contributed by atoms with Crippen LogP contribution < -0.4 is 5.32 Å². The Labute approximate surface area is 197 Å². The second-order valence-corrected chi connectivity index (χ2v) is 7.72. The van der Waals surface area contributed by atoms with Gasteiger partial charge in [-0.2, -0.15) is 35.1 Å². The van der Waals surface area contributed by atoms with E-state index in [9.17, 15) is 44.3 Å². The minimum atomic E-state index is -4.92. The minimum absolute atomic E-state index is 0.0327. The molecule has 0 radical (unpaired) electrons. The van der Waals surface area contributed by atoms with Gasteiger partial charge < -0.3 is 5.32 Å². The quantitative estimate of drug-likeness (QED) is 0.340. The maximum absolute atomic E-state index is 14.7. The Morgan fingerprint density at radius 1 is 0.743 bits per heavy atom. The van der Waals surface area contributed by atoms with E-state index in [0.717, 1.165) is 42.5 Å². The van der Waals surface area contributed by atoms with Crippen LogP contribution in [0.5, 0.6) is 0 Å². The Morgan fingerprint density at radius 2 is 1.29 bits per heavy atom. The normalized spacial score (nSPS) is 12.5. The average molecular weight is 526 g/mol. The zero-order valence-corrected chi connectivity index (χ0v) is 17.9. The first-order valence-corrected chi connectivity index (χ1v) is 9.98. The highest BCUT2D eigenvalue weighted by atomic mass is 35.5. The minimum Gasteiger partial charge on any atom is -0.346 e.